The average molecular weight is 532 g/mol. The van der Waals surface area contributed by atoms with E-state index in [0.717, 1.165) is 56.3 Å². The van der Waals surface area contributed by atoms with Gasteiger partial charge < -0.3 is 10.0 Å². The van der Waals surface area contributed by atoms with Gasteiger partial charge in [-0.05, 0) is 88.5 Å². The zero-order chi connectivity index (χ0) is 23.6. The lowest BCUT2D eigenvalue weighted by atomic mass is 9.72. The molecule has 0 spiro atoms. The molecule has 1 aliphatic carbocycles. The maximum absolute atomic E-state index is 11.3. The van der Waals surface area contributed by atoms with Gasteiger partial charge in [0.15, 0.2) is 0 Å². The molecule has 0 amide bonds. The minimum atomic E-state index is -0.906. The van der Waals surface area contributed by atoms with Crippen LogP contribution in [0.2, 0.25) is 5.02 Å². The third-order valence-electron chi connectivity index (χ3n) is 7.03. The predicted octanol–water partition coefficient (Wildman–Crippen LogP) is 6.98. The maximum atomic E-state index is 11.3. The highest BCUT2D eigenvalue weighted by Crippen LogP contribution is 2.44. The molecule has 176 valence electrons. The molecule has 4 nitrogen and oxygen atoms in total. The Balaban J connectivity index is 1.38. The molecule has 0 radical (unpaired) electrons. The van der Waals surface area contributed by atoms with Gasteiger partial charge in [0.25, 0.3) is 0 Å². The third-order valence-corrected chi connectivity index (χ3v) is 7.94. The summed E-state index contributed by atoms with van der Waals surface area (Å²) in [5.41, 5.74) is 6.17. The summed E-state index contributed by atoms with van der Waals surface area (Å²) in [5, 5.41) is 10.0. The van der Waals surface area contributed by atoms with E-state index in [9.17, 15) is 9.90 Å². The van der Waals surface area contributed by atoms with Gasteiger partial charge in [-0.1, -0.05) is 43.2 Å². The molecule has 2 aromatic carbocycles. The summed E-state index contributed by atoms with van der Waals surface area (Å²) < 4.78 is 0.636. The number of hydrogen-bond acceptors (Lipinski definition) is 3. The van der Waals surface area contributed by atoms with E-state index in [-0.39, 0.29) is 0 Å². The van der Waals surface area contributed by atoms with Crippen LogP contribution in [-0.4, -0.2) is 48.7 Å². The van der Waals surface area contributed by atoms with Crippen LogP contribution < -0.4 is 4.90 Å². The molecule has 1 N–H and O–H groups in total. The summed E-state index contributed by atoms with van der Waals surface area (Å²) in [6, 6.07) is 13.9. The molecule has 6 heteroatoms. The number of allylic oxidation sites excluding steroid dienone is 1. The summed E-state index contributed by atoms with van der Waals surface area (Å²) in [6.07, 6.45) is 4.66. The number of halogens is 2. The minimum absolute atomic E-state index is 0.304. The van der Waals surface area contributed by atoms with E-state index in [2.05, 4.69) is 51.7 Å². The molecule has 1 aliphatic heterocycles. The van der Waals surface area contributed by atoms with E-state index in [1.807, 2.05) is 24.3 Å². The number of piperazine rings is 1. The molecule has 2 aromatic rings. The number of carboxylic acid groups (broad SMARTS) is 1. The molecular formula is C27H32BrClN2O2. The number of rotatable bonds is 6. The van der Waals surface area contributed by atoms with Gasteiger partial charge in [0.1, 0.15) is 0 Å². The van der Waals surface area contributed by atoms with Crippen LogP contribution in [0, 0.1) is 5.41 Å². The number of aromatic carboxylic acids is 1. The Kier molecular flexibility index (Phi) is 7.52. The molecule has 0 saturated carbocycles. The van der Waals surface area contributed by atoms with E-state index < -0.39 is 5.97 Å². The van der Waals surface area contributed by atoms with Crippen molar-refractivity contribution in [3.05, 3.63) is 68.7 Å². The van der Waals surface area contributed by atoms with Crippen LogP contribution in [0.25, 0.3) is 5.57 Å². The summed E-state index contributed by atoms with van der Waals surface area (Å²) in [7, 11) is 0. The van der Waals surface area contributed by atoms with Crippen molar-refractivity contribution < 1.29 is 9.90 Å². The summed E-state index contributed by atoms with van der Waals surface area (Å²) in [4.78, 5) is 16.2. The van der Waals surface area contributed by atoms with Gasteiger partial charge in [0.05, 0.1) is 5.56 Å². The Morgan fingerprint density at radius 1 is 1.09 bits per heavy atom. The lowest BCUT2D eigenvalue weighted by molar-refractivity contribution is 0.0696. The number of carboxylic acids is 1. The summed E-state index contributed by atoms with van der Waals surface area (Å²) in [6.45, 7) is 9.79. The molecule has 1 heterocycles. The Morgan fingerprint density at radius 3 is 2.42 bits per heavy atom. The summed E-state index contributed by atoms with van der Waals surface area (Å²) >= 11 is 9.54. The van der Waals surface area contributed by atoms with Crippen LogP contribution in [0.15, 0.2) is 52.5 Å². The molecule has 0 atom stereocenters. The quantitative estimate of drug-likeness (QED) is 0.437. The van der Waals surface area contributed by atoms with E-state index in [1.165, 1.54) is 24.0 Å². The first-order valence-corrected chi connectivity index (χ1v) is 12.9. The number of carbonyl (C=O) groups is 1. The molecule has 0 aromatic heterocycles. The second-order valence-corrected chi connectivity index (χ2v) is 11.3. The Bertz CT molecular complexity index is 1040. The van der Waals surface area contributed by atoms with Crippen molar-refractivity contribution in [3.63, 3.8) is 0 Å². The Hall–Kier alpha value is -1.82. The summed E-state index contributed by atoms with van der Waals surface area (Å²) in [5.74, 6) is -0.906. The third kappa shape index (κ3) is 6.00. The first-order chi connectivity index (χ1) is 15.7. The van der Waals surface area contributed by atoms with Gasteiger partial charge in [0, 0.05) is 47.9 Å². The van der Waals surface area contributed by atoms with Crippen LogP contribution in [-0.2, 0) is 0 Å². The van der Waals surface area contributed by atoms with Gasteiger partial charge in [0.2, 0.25) is 0 Å². The van der Waals surface area contributed by atoms with Gasteiger partial charge >= 0.3 is 5.97 Å². The van der Waals surface area contributed by atoms with Crippen LogP contribution in [0.4, 0.5) is 5.69 Å². The van der Waals surface area contributed by atoms with Gasteiger partial charge in [-0.3, -0.25) is 4.90 Å². The number of benzene rings is 2. The zero-order valence-corrected chi connectivity index (χ0v) is 21.8. The topological polar surface area (TPSA) is 43.8 Å². The van der Waals surface area contributed by atoms with Crippen molar-refractivity contribution in [1.82, 2.24) is 4.90 Å². The van der Waals surface area contributed by atoms with Crippen LogP contribution >= 0.6 is 27.5 Å². The highest BCUT2D eigenvalue weighted by molar-refractivity contribution is 9.10. The number of nitrogens with zero attached hydrogens (tertiary/aromatic N) is 2. The second kappa shape index (κ2) is 10.2. The largest absolute Gasteiger partial charge is 0.478 e. The molecule has 0 unspecified atom stereocenters. The van der Waals surface area contributed by atoms with E-state index >= 15 is 0 Å². The van der Waals surface area contributed by atoms with Crippen molar-refractivity contribution in [3.8, 4) is 0 Å². The van der Waals surface area contributed by atoms with Crippen LogP contribution in [0.5, 0.6) is 0 Å². The first-order valence-electron chi connectivity index (χ1n) is 11.7. The lowest BCUT2D eigenvalue weighted by Gasteiger charge is -2.37. The monoisotopic (exact) mass is 530 g/mol. The van der Waals surface area contributed by atoms with Crippen molar-refractivity contribution >= 4 is 44.8 Å². The molecular weight excluding hydrogens is 500 g/mol. The highest BCUT2D eigenvalue weighted by Gasteiger charge is 2.28. The van der Waals surface area contributed by atoms with Crippen LogP contribution in [0.1, 0.15) is 55.5 Å². The highest BCUT2D eigenvalue weighted by atomic mass is 79.9. The molecule has 2 aliphatic rings. The predicted molar refractivity (Wildman–Crippen MR) is 140 cm³/mol. The average Bonchev–Trinajstić information content (AvgIpc) is 2.78. The first kappa shape index (κ1) is 24.3. The fraction of sp³-hybridized carbons (Fsp3) is 0.444. The Morgan fingerprint density at radius 2 is 1.79 bits per heavy atom. The number of hydrogen-bond donors (Lipinski definition) is 1. The van der Waals surface area contributed by atoms with Crippen molar-refractivity contribution in [2.24, 2.45) is 5.41 Å². The van der Waals surface area contributed by atoms with Gasteiger partial charge in [-0.15, -0.1) is 0 Å². The minimum Gasteiger partial charge on any atom is -0.478 e. The van der Waals surface area contributed by atoms with E-state index in [0.29, 0.717) is 15.5 Å². The van der Waals surface area contributed by atoms with E-state index in [4.69, 9.17) is 11.6 Å². The molecule has 1 fully saturated rings. The van der Waals surface area contributed by atoms with Gasteiger partial charge in [-0.2, -0.15) is 0 Å². The van der Waals surface area contributed by atoms with E-state index in [1.54, 1.807) is 11.6 Å². The Labute approximate surface area is 210 Å². The SMILES string of the molecule is CC1(C)CCC(CCN2CCN(c3ccc(C(=O)O)c(Br)c3)CC2)=C(c2ccc(Cl)cc2)C1. The second-order valence-electron chi connectivity index (χ2n) is 9.98. The molecule has 33 heavy (non-hydrogen) atoms. The zero-order valence-electron chi connectivity index (χ0n) is 19.4. The maximum Gasteiger partial charge on any atom is 0.336 e. The molecule has 0 bridgehead atoms. The normalized spacial score (nSPS) is 19.1. The van der Waals surface area contributed by atoms with Gasteiger partial charge in [-0.25, -0.2) is 4.79 Å². The fourth-order valence-electron chi connectivity index (χ4n) is 4.96. The van der Waals surface area contributed by atoms with Crippen molar-refractivity contribution in [2.75, 3.05) is 37.6 Å². The van der Waals surface area contributed by atoms with Crippen molar-refractivity contribution in [1.29, 1.82) is 0 Å². The number of anilines is 1. The smallest absolute Gasteiger partial charge is 0.336 e. The molecule has 1 saturated heterocycles. The fourth-order valence-corrected chi connectivity index (χ4v) is 5.62. The van der Waals surface area contributed by atoms with Crippen molar-refractivity contribution in [2.45, 2.75) is 39.5 Å². The standard InChI is InChI=1S/C27H32BrClN2O2/c1-27(2)11-9-20(24(18-27)19-3-5-21(29)6-4-19)10-12-30-13-15-31(16-14-30)22-7-8-23(26(32)33)25(28)17-22/h3-8,17H,9-16,18H2,1-2H3,(H,32,33). The lowest BCUT2D eigenvalue weighted by Crippen LogP contribution is -2.46. The van der Waals surface area contributed by atoms with Crippen LogP contribution in [0.3, 0.4) is 0 Å². The molecule has 4 rings (SSSR count).